The van der Waals surface area contributed by atoms with Crippen LogP contribution in [-0.4, -0.2) is 22.6 Å². The van der Waals surface area contributed by atoms with Crippen molar-refractivity contribution in [2.45, 2.75) is 32.7 Å². The predicted molar refractivity (Wildman–Crippen MR) is 128 cm³/mol. The maximum atomic E-state index is 12.1. The Hall–Kier alpha value is -3.11. The molecule has 0 atom stereocenters. The van der Waals surface area contributed by atoms with Gasteiger partial charge in [0, 0.05) is 13.0 Å². The zero-order valence-corrected chi connectivity index (χ0v) is 18.7. The molecule has 0 radical (unpaired) electrons. The number of aromatic nitrogens is 2. The minimum Gasteiger partial charge on any atom is -0.465 e. The van der Waals surface area contributed by atoms with Crippen molar-refractivity contribution >= 4 is 29.4 Å². The highest BCUT2D eigenvalue weighted by atomic mass is 35.5. The predicted octanol–water partition coefficient (Wildman–Crippen LogP) is 6.30. The van der Waals surface area contributed by atoms with Crippen LogP contribution in [0, 0.1) is 0 Å². The molecule has 4 aromatic rings. The number of benzene rings is 3. The summed E-state index contributed by atoms with van der Waals surface area (Å²) in [6, 6.07) is 24.3. The van der Waals surface area contributed by atoms with Crippen LogP contribution >= 0.6 is 12.4 Å². The summed E-state index contributed by atoms with van der Waals surface area (Å²) in [5.74, 6) is 0.818. The Morgan fingerprint density at radius 2 is 1.68 bits per heavy atom. The first-order valence-electron chi connectivity index (χ1n) is 10.4. The van der Waals surface area contributed by atoms with Crippen molar-refractivity contribution in [3.8, 4) is 11.1 Å². The molecular weight excluding hydrogens is 408 g/mol. The Morgan fingerprint density at radius 1 is 0.968 bits per heavy atom. The largest absolute Gasteiger partial charge is 0.465 e. The molecule has 31 heavy (non-hydrogen) atoms. The van der Waals surface area contributed by atoms with Gasteiger partial charge in [0.25, 0.3) is 0 Å². The second kappa shape index (κ2) is 10.3. The third kappa shape index (κ3) is 4.80. The lowest BCUT2D eigenvalue weighted by Crippen LogP contribution is -2.06. The molecule has 0 aliphatic carbocycles. The number of hydrogen-bond acceptors (Lipinski definition) is 3. The smallest absolute Gasteiger partial charge is 0.338 e. The van der Waals surface area contributed by atoms with Gasteiger partial charge in [-0.25, -0.2) is 9.78 Å². The SMILES string of the molecule is CCCCc1nc2ccccc2n1Cc1ccc(-c2ccccc2C(=O)OC)cc1.Cl. The normalized spacial score (nSPS) is 10.6. The molecule has 4 nitrogen and oxygen atoms in total. The summed E-state index contributed by atoms with van der Waals surface area (Å²) < 4.78 is 7.25. The summed E-state index contributed by atoms with van der Waals surface area (Å²) in [6.07, 6.45) is 3.26. The fourth-order valence-electron chi connectivity index (χ4n) is 3.82. The van der Waals surface area contributed by atoms with E-state index in [-0.39, 0.29) is 18.4 Å². The van der Waals surface area contributed by atoms with Gasteiger partial charge in [-0.05, 0) is 41.3 Å². The molecule has 0 amide bonds. The van der Waals surface area contributed by atoms with Gasteiger partial charge in [-0.2, -0.15) is 0 Å². The van der Waals surface area contributed by atoms with E-state index in [1.54, 1.807) is 6.07 Å². The minimum atomic E-state index is -0.319. The van der Waals surface area contributed by atoms with Crippen LogP contribution in [-0.2, 0) is 17.7 Å². The summed E-state index contributed by atoms with van der Waals surface area (Å²) in [5, 5.41) is 0. The molecule has 160 valence electrons. The van der Waals surface area contributed by atoms with E-state index in [1.807, 2.05) is 24.3 Å². The average Bonchev–Trinajstić information content (AvgIpc) is 3.15. The monoisotopic (exact) mass is 434 g/mol. The van der Waals surface area contributed by atoms with Crippen LogP contribution < -0.4 is 0 Å². The van der Waals surface area contributed by atoms with Gasteiger partial charge in [0.05, 0.1) is 23.7 Å². The Kier molecular flexibility index (Phi) is 7.48. The molecule has 0 fully saturated rings. The zero-order chi connectivity index (χ0) is 20.9. The third-order valence-corrected chi connectivity index (χ3v) is 5.43. The second-order valence-electron chi connectivity index (χ2n) is 7.44. The van der Waals surface area contributed by atoms with E-state index in [4.69, 9.17) is 9.72 Å². The number of nitrogens with zero attached hydrogens (tertiary/aromatic N) is 2. The van der Waals surface area contributed by atoms with Crippen molar-refractivity contribution in [3.63, 3.8) is 0 Å². The topological polar surface area (TPSA) is 44.1 Å². The van der Waals surface area contributed by atoms with E-state index >= 15 is 0 Å². The van der Waals surface area contributed by atoms with Crippen LogP contribution in [0.2, 0.25) is 0 Å². The van der Waals surface area contributed by atoms with E-state index in [0.29, 0.717) is 5.56 Å². The van der Waals surface area contributed by atoms with Crippen molar-refractivity contribution in [1.82, 2.24) is 9.55 Å². The second-order valence-corrected chi connectivity index (χ2v) is 7.44. The Labute approximate surface area is 189 Å². The summed E-state index contributed by atoms with van der Waals surface area (Å²) in [4.78, 5) is 17.0. The number of fused-ring (bicyclic) bond motifs is 1. The number of carbonyl (C=O) groups excluding carboxylic acids is 1. The maximum absolute atomic E-state index is 12.1. The molecule has 0 bridgehead atoms. The van der Waals surface area contributed by atoms with Gasteiger partial charge in [-0.1, -0.05) is 67.9 Å². The number of carbonyl (C=O) groups is 1. The lowest BCUT2D eigenvalue weighted by atomic mass is 9.98. The first-order chi connectivity index (χ1) is 14.7. The quantitative estimate of drug-likeness (QED) is 0.320. The molecule has 0 N–H and O–H groups in total. The highest BCUT2D eigenvalue weighted by Gasteiger charge is 2.13. The van der Waals surface area contributed by atoms with Gasteiger partial charge in [0.15, 0.2) is 0 Å². The van der Waals surface area contributed by atoms with Crippen molar-refractivity contribution < 1.29 is 9.53 Å². The fourth-order valence-corrected chi connectivity index (χ4v) is 3.82. The highest BCUT2D eigenvalue weighted by Crippen LogP contribution is 2.26. The van der Waals surface area contributed by atoms with Crippen LogP contribution in [0.25, 0.3) is 22.2 Å². The zero-order valence-electron chi connectivity index (χ0n) is 17.9. The first kappa shape index (κ1) is 22.6. The van der Waals surface area contributed by atoms with Crippen LogP contribution in [0.4, 0.5) is 0 Å². The number of imidazole rings is 1. The van der Waals surface area contributed by atoms with Gasteiger partial charge in [-0.3, -0.25) is 0 Å². The Balaban J connectivity index is 0.00000272. The molecule has 0 spiro atoms. The molecule has 0 aliphatic rings. The fraction of sp³-hybridized carbons (Fsp3) is 0.231. The Morgan fingerprint density at radius 3 is 2.42 bits per heavy atom. The minimum absolute atomic E-state index is 0. The molecule has 3 aromatic carbocycles. The third-order valence-electron chi connectivity index (χ3n) is 5.43. The number of rotatable bonds is 7. The van der Waals surface area contributed by atoms with Gasteiger partial charge in [0.1, 0.15) is 5.82 Å². The molecule has 0 saturated heterocycles. The molecule has 5 heteroatoms. The van der Waals surface area contributed by atoms with Gasteiger partial charge < -0.3 is 9.30 Å². The van der Waals surface area contributed by atoms with Crippen molar-refractivity contribution in [1.29, 1.82) is 0 Å². The van der Waals surface area contributed by atoms with Crippen LogP contribution in [0.3, 0.4) is 0 Å². The number of halogens is 1. The van der Waals surface area contributed by atoms with E-state index in [0.717, 1.165) is 48.3 Å². The lowest BCUT2D eigenvalue weighted by Gasteiger charge is -2.11. The van der Waals surface area contributed by atoms with E-state index in [2.05, 4.69) is 54.0 Å². The summed E-state index contributed by atoms with van der Waals surface area (Å²) in [7, 11) is 1.41. The van der Waals surface area contributed by atoms with Crippen LogP contribution in [0.1, 0.15) is 41.5 Å². The Bertz CT molecular complexity index is 1170. The summed E-state index contributed by atoms with van der Waals surface area (Å²) in [6.45, 7) is 2.98. The standard InChI is InChI=1S/C26H26N2O2.ClH/c1-3-4-13-25-27-23-11-7-8-12-24(23)28(25)18-19-14-16-20(17-15-19)21-9-5-6-10-22(21)26(29)30-2;/h5-12,14-17H,3-4,13,18H2,1-2H3;1H. The number of unbranched alkanes of at least 4 members (excludes halogenated alkanes) is 1. The van der Waals surface area contributed by atoms with Crippen molar-refractivity contribution in [2.24, 2.45) is 0 Å². The number of aryl methyl sites for hydroxylation is 1. The van der Waals surface area contributed by atoms with Gasteiger partial charge in [-0.15, -0.1) is 12.4 Å². The highest BCUT2D eigenvalue weighted by molar-refractivity contribution is 5.97. The molecular formula is C26H27ClN2O2. The van der Waals surface area contributed by atoms with Crippen LogP contribution in [0.5, 0.6) is 0 Å². The van der Waals surface area contributed by atoms with Crippen LogP contribution in [0.15, 0.2) is 72.8 Å². The molecule has 1 aromatic heterocycles. The first-order valence-corrected chi connectivity index (χ1v) is 10.4. The van der Waals surface area contributed by atoms with E-state index in [9.17, 15) is 4.79 Å². The molecule has 0 aliphatic heterocycles. The maximum Gasteiger partial charge on any atom is 0.338 e. The van der Waals surface area contributed by atoms with E-state index in [1.165, 1.54) is 18.2 Å². The number of ether oxygens (including phenoxy) is 1. The van der Waals surface area contributed by atoms with Crippen molar-refractivity contribution in [3.05, 3.63) is 89.7 Å². The van der Waals surface area contributed by atoms with Gasteiger partial charge >= 0.3 is 5.97 Å². The molecule has 0 unspecified atom stereocenters. The lowest BCUT2D eigenvalue weighted by molar-refractivity contribution is 0.0601. The molecule has 0 saturated carbocycles. The molecule has 1 heterocycles. The molecule has 4 rings (SSSR count). The van der Waals surface area contributed by atoms with Crippen molar-refractivity contribution in [2.75, 3.05) is 7.11 Å². The average molecular weight is 435 g/mol. The number of methoxy groups -OCH3 is 1. The van der Waals surface area contributed by atoms with Gasteiger partial charge in [0.2, 0.25) is 0 Å². The summed E-state index contributed by atoms with van der Waals surface area (Å²) >= 11 is 0. The number of hydrogen-bond donors (Lipinski definition) is 0. The van der Waals surface area contributed by atoms with E-state index < -0.39 is 0 Å². The number of esters is 1. The summed E-state index contributed by atoms with van der Waals surface area (Å²) in [5.41, 5.74) is 5.88. The number of para-hydroxylation sites is 2.